The number of carbonyl (C=O) groups excluding carboxylic acids is 1. The van der Waals surface area contributed by atoms with Crippen LogP contribution in [0, 0.1) is 0 Å². The third-order valence-corrected chi connectivity index (χ3v) is 2.82. The van der Waals surface area contributed by atoms with Crippen molar-refractivity contribution in [2.45, 2.75) is 24.5 Å². The first-order valence-electron chi connectivity index (χ1n) is 5.42. The Morgan fingerprint density at radius 2 is 1.95 bits per heavy atom. The number of halogens is 3. The van der Waals surface area contributed by atoms with E-state index in [4.69, 9.17) is 5.11 Å². The molecule has 5 nitrogen and oxygen atoms in total. The second kappa shape index (κ2) is 6.76. The Morgan fingerprint density at radius 3 is 2.40 bits per heavy atom. The SMILES string of the molecule is CC(Br)C(=O)c1cccc(C(O)C(=O)O)c1OC(F)F. The Hall–Kier alpha value is -1.54. The topological polar surface area (TPSA) is 83.8 Å². The van der Waals surface area contributed by atoms with Crippen LogP contribution in [0.25, 0.3) is 0 Å². The molecule has 0 saturated carbocycles. The number of aliphatic hydroxyl groups excluding tert-OH is 1. The molecular formula is C12H11BrF2O5. The molecule has 0 amide bonds. The zero-order chi connectivity index (χ0) is 15.4. The maximum absolute atomic E-state index is 12.4. The Balaban J connectivity index is 3.41. The predicted molar refractivity (Wildman–Crippen MR) is 68.4 cm³/mol. The number of ketones is 1. The zero-order valence-corrected chi connectivity index (χ0v) is 11.8. The summed E-state index contributed by atoms with van der Waals surface area (Å²) >= 11 is 3.00. The first-order valence-corrected chi connectivity index (χ1v) is 6.34. The number of hydrogen-bond donors (Lipinski definition) is 2. The van der Waals surface area contributed by atoms with Crippen molar-refractivity contribution in [3.63, 3.8) is 0 Å². The number of Topliss-reactive ketones (excluding diaryl/α,β-unsaturated/α-hetero) is 1. The molecule has 1 aromatic rings. The highest BCUT2D eigenvalue weighted by atomic mass is 79.9. The van der Waals surface area contributed by atoms with Crippen LogP contribution in [0.5, 0.6) is 5.75 Å². The Bertz CT molecular complexity index is 519. The van der Waals surface area contributed by atoms with Crippen molar-refractivity contribution >= 4 is 27.7 Å². The summed E-state index contributed by atoms with van der Waals surface area (Å²) in [6.07, 6.45) is -2.07. The average molecular weight is 353 g/mol. The van der Waals surface area contributed by atoms with Gasteiger partial charge >= 0.3 is 12.6 Å². The number of aliphatic carboxylic acids is 1. The van der Waals surface area contributed by atoms with Crippen LogP contribution < -0.4 is 4.74 Å². The molecule has 0 saturated heterocycles. The van der Waals surface area contributed by atoms with E-state index in [0.717, 1.165) is 6.07 Å². The molecule has 0 radical (unpaired) electrons. The van der Waals surface area contributed by atoms with Crippen LogP contribution in [0.1, 0.15) is 28.9 Å². The third-order valence-electron chi connectivity index (χ3n) is 2.41. The number of aliphatic hydroxyl groups is 1. The molecule has 20 heavy (non-hydrogen) atoms. The monoisotopic (exact) mass is 352 g/mol. The van der Waals surface area contributed by atoms with Gasteiger partial charge in [-0.2, -0.15) is 8.78 Å². The summed E-state index contributed by atoms with van der Waals surface area (Å²) < 4.78 is 29.1. The van der Waals surface area contributed by atoms with Crippen molar-refractivity contribution < 1.29 is 33.3 Å². The van der Waals surface area contributed by atoms with Gasteiger partial charge in [-0.25, -0.2) is 4.79 Å². The van der Waals surface area contributed by atoms with Crippen LogP contribution in [-0.4, -0.2) is 33.4 Å². The number of para-hydroxylation sites is 1. The molecule has 0 aliphatic carbocycles. The van der Waals surface area contributed by atoms with Gasteiger partial charge in [0.2, 0.25) is 0 Å². The summed E-state index contributed by atoms with van der Waals surface area (Å²) in [5, 5.41) is 18.2. The summed E-state index contributed by atoms with van der Waals surface area (Å²) in [6.45, 7) is -1.77. The van der Waals surface area contributed by atoms with Gasteiger partial charge in [0.25, 0.3) is 0 Å². The van der Waals surface area contributed by atoms with Gasteiger partial charge in [-0.3, -0.25) is 4.79 Å². The van der Waals surface area contributed by atoms with Gasteiger partial charge in [-0.1, -0.05) is 28.1 Å². The number of carboxylic acids is 1. The van der Waals surface area contributed by atoms with Crippen LogP contribution in [0.3, 0.4) is 0 Å². The molecule has 110 valence electrons. The molecule has 0 fully saturated rings. The molecule has 0 heterocycles. The van der Waals surface area contributed by atoms with Crippen molar-refractivity contribution in [1.29, 1.82) is 0 Å². The fourth-order valence-electron chi connectivity index (χ4n) is 1.53. The molecule has 0 aliphatic rings. The van der Waals surface area contributed by atoms with E-state index in [-0.39, 0.29) is 5.56 Å². The van der Waals surface area contributed by atoms with Gasteiger partial charge in [0.05, 0.1) is 10.4 Å². The van der Waals surface area contributed by atoms with E-state index >= 15 is 0 Å². The largest absolute Gasteiger partial charge is 0.479 e. The molecule has 2 unspecified atom stereocenters. The first-order chi connectivity index (χ1) is 9.25. The predicted octanol–water partition coefficient (Wildman–Crippen LogP) is 2.37. The highest BCUT2D eigenvalue weighted by molar-refractivity contribution is 9.10. The van der Waals surface area contributed by atoms with Gasteiger partial charge in [0.15, 0.2) is 11.9 Å². The number of alkyl halides is 3. The molecular weight excluding hydrogens is 342 g/mol. The lowest BCUT2D eigenvalue weighted by Gasteiger charge is -2.17. The molecule has 8 heteroatoms. The average Bonchev–Trinajstić information content (AvgIpc) is 2.36. The standard InChI is InChI=1S/C12H11BrF2O5/c1-5(13)8(16)6-3-2-4-7(9(17)11(18)19)10(6)20-12(14)15/h2-5,9,12,17H,1H3,(H,18,19). The van der Waals surface area contributed by atoms with E-state index in [2.05, 4.69) is 20.7 Å². The van der Waals surface area contributed by atoms with Gasteiger partial charge in [0.1, 0.15) is 5.75 Å². The minimum Gasteiger partial charge on any atom is -0.479 e. The van der Waals surface area contributed by atoms with Crippen LogP contribution >= 0.6 is 15.9 Å². The molecule has 0 aliphatic heterocycles. The van der Waals surface area contributed by atoms with Crippen LogP contribution in [0.15, 0.2) is 18.2 Å². The molecule has 1 aromatic carbocycles. The Labute approximate surface area is 121 Å². The maximum Gasteiger partial charge on any atom is 0.387 e. The quantitative estimate of drug-likeness (QED) is 0.606. The van der Waals surface area contributed by atoms with Gasteiger partial charge in [-0.05, 0) is 13.0 Å². The number of hydrogen-bond acceptors (Lipinski definition) is 4. The molecule has 0 spiro atoms. The lowest BCUT2D eigenvalue weighted by Crippen LogP contribution is -2.18. The highest BCUT2D eigenvalue weighted by Crippen LogP contribution is 2.32. The van der Waals surface area contributed by atoms with Crippen LogP contribution in [0.2, 0.25) is 0 Å². The number of rotatable bonds is 6. The van der Waals surface area contributed by atoms with Gasteiger partial charge in [0, 0.05) is 5.56 Å². The number of ether oxygens (including phenoxy) is 1. The van der Waals surface area contributed by atoms with E-state index in [1.165, 1.54) is 19.1 Å². The lowest BCUT2D eigenvalue weighted by molar-refractivity contribution is -0.147. The summed E-state index contributed by atoms with van der Waals surface area (Å²) in [4.78, 5) is 22.0. The second-order valence-electron chi connectivity index (χ2n) is 3.82. The van der Waals surface area contributed by atoms with Crippen LogP contribution in [0.4, 0.5) is 8.78 Å². The molecule has 2 N–H and O–H groups in total. The highest BCUT2D eigenvalue weighted by Gasteiger charge is 2.27. The van der Waals surface area contributed by atoms with E-state index < -0.39 is 40.6 Å². The molecule has 0 bridgehead atoms. The van der Waals surface area contributed by atoms with Crippen LogP contribution in [-0.2, 0) is 4.79 Å². The minimum absolute atomic E-state index is 0.229. The molecule has 0 aromatic heterocycles. The van der Waals surface area contributed by atoms with Crippen molar-refractivity contribution in [3.8, 4) is 5.75 Å². The fourth-order valence-corrected chi connectivity index (χ4v) is 1.78. The van der Waals surface area contributed by atoms with Crippen molar-refractivity contribution in [3.05, 3.63) is 29.3 Å². The number of carbonyl (C=O) groups is 2. The van der Waals surface area contributed by atoms with E-state index in [0.29, 0.717) is 0 Å². The Morgan fingerprint density at radius 1 is 1.35 bits per heavy atom. The second-order valence-corrected chi connectivity index (χ2v) is 5.20. The summed E-state index contributed by atoms with van der Waals surface area (Å²) in [7, 11) is 0. The summed E-state index contributed by atoms with van der Waals surface area (Å²) in [6, 6.07) is 3.60. The molecule has 1 rings (SSSR count). The number of carboxylic acid groups (broad SMARTS) is 1. The number of benzene rings is 1. The lowest BCUT2D eigenvalue weighted by atomic mass is 10.0. The third kappa shape index (κ3) is 3.73. The summed E-state index contributed by atoms with van der Waals surface area (Å²) in [5.74, 6) is -2.84. The van der Waals surface area contributed by atoms with Crippen molar-refractivity contribution in [1.82, 2.24) is 0 Å². The fraction of sp³-hybridized carbons (Fsp3) is 0.333. The van der Waals surface area contributed by atoms with Gasteiger partial charge < -0.3 is 14.9 Å². The van der Waals surface area contributed by atoms with E-state index in [9.17, 15) is 23.5 Å². The Kier molecular flexibility index (Phi) is 5.58. The normalized spacial score (nSPS) is 13.9. The van der Waals surface area contributed by atoms with E-state index in [1.807, 2.05) is 0 Å². The zero-order valence-electron chi connectivity index (χ0n) is 10.2. The smallest absolute Gasteiger partial charge is 0.387 e. The van der Waals surface area contributed by atoms with E-state index in [1.54, 1.807) is 0 Å². The van der Waals surface area contributed by atoms with Crippen molar-refractivity contribution in [2.24, 2.45) is 0 Å². The van der Waals surface area contributed by atoms with Crippen molar-refractivity contribution in [2.75, 3.05) is 0 Å². The maximum atomic E-state index is 12.4. The minimum atomic E-state index is -3.26. The first kappa shape index (κ1) is 16.5. The summed E-state index contributed by atoms with van der Waals surface area (Å²) in [5.41, 5.74) is -0.635. The van der Waals surface area contributed by atoms with Gasteiger partial charge in [-0.15, -0.1) is 0 Å². The molecule has 2 atom stereocenters.